The average Bonchev–Trinajstić information content (AvgIpc) is 2.40. The van der Waals surface area contributed by atoms with Crippen molar-refractivity contribution in [3.8, 4) is 0 Å². The van der Waals surface area contributed by atoms with E-state index in [0.717, 1.165) is 6.42 Å². The lowest BCUT2D eigenvalue weighted by atomic mass is 9.89. The van der Waals surface area contributed by atoms with Crippen molar-refractivity contribution in [3.05, 3.63) is 33.9 Å². The molecule has 0 saturated heterocycles. The molecular weight excluding hydrogens is 250 g/mol. The SMILES string of the molecule is CCOC(=O)CC(Cc1c(C)c(C)cc(C)c1C)NC. The van der Waals surface area contributed by atoms with Gasteiger partial charge in [0.05, 0.1) is 13.0 Å². The molecule has 1 N–H and O–H groups in total. The highest BCUT2D eigenvalue weighted by atomic mass is 16.5. The van der Waals surface area contributed by atoms with Crippen LogP contribution in [0.25, 0.3) is 0 Å². The van der Waals surface area contributed by atoms with Gasteiger partial charge in [0.15, 0.2) is 0 Å². The van der Waals surface area contributed by atoms with Crippen molar-refractivity contribution >= 4 is 5.97 Å². The molecule has 0 fully saturated rings. The molecule has 0 aliphatic carbocycles. The summed E-state index contributed by atoms with van der Waals surface area (Å²) in [5, 5.41) is 3.23. The Morgan fingerprint density at radius 3 is 2.20 bits per heavy atom. The zero-order chi connectivity index (χ0) is 15.3. The molecule has 1 rings (SSSR count). The number of esters is 1. The Kier molecular flexibility index (Phi) is 6.21. The van der Waals surface area contributed by atoms with Crippen LogP contribution in [0.2, 0.25) is 0 Å². The van der Waals surface area contributed by atoms with Gasteiger partial charge in [-0.25, -0.2) is 0 Å². The average molecular weight is 277 g/mol. The summed E-state index contributed by atoms with van der Waals surface area (Å²) >= 11 is 0. The Hall–Kier alpha value is -1.35. The van der Waals surface area contributed by atoms with Gasteiger partial charge < -0.3 is 10.1 Å². The first-order chi connectivity index (χ1) is 9.40. The Bertz CT molecular complexity index is 454. The van der Waals surface area contributed by atoms with Crippen LogP contribution < -0.4 is 5.32 Å². The molecule has 0 spiro atoms. The number of aryl methyl sites for hydroxylation is 2. The third-order valence-corrected chi connectivity index (χ3v) is 4.10. The van der Waals surface area contributed by atoms with Gasteiger partial charge in [0.25, 0.3) is 0 Å². The molecule has 0 bridgehead atoms. The molecule has 1 unspecified atom stereocenters. The number of carbonyl (C=O) groups excluding carboxylic acids is 1. The summed E-state index contributed by atoms with van der Waals surface area (Å²) in [6, 6.07) is 2.35. The van der Waals surface area contributed by atoms with E-state index < -0.39 is 0 Å². The molecule has 20 heavy (non-hydrogen) atoms. The zero-order valence-corrected chi connectivity index (χ0v) is 13.6. The van der Waals surface area contributed by atoms with Gasteiger partial charge in [-0.3, -0.25) is 4.79 Å². The zero-order valence-electron chi connectivity index (χ0n) is 13.6. The second kappa shape index (κ2) is 7.44. The van der Waals surface area contributed by atoms with Gasteiger partial charge in [-0.2, -0.15) is 0 Å². The topological polar surface area (TPSA) is 38.3 Å². The second-order valence-corrected chi connectivity index (χ2v) is 5.44. The summed E-state index contributed by atoms with van der Waals surface area (Å²) in [4.78, 5) is 11.6. The third kappa shape index (κ3) is 4.07. The van der Waals surface area contributed by atoms with E-state index >= 15 is 0 Å². The highest BCUT2D eigenvalue weighted by molar-refractivity contribution is 5.70. The Balaban J connectivity index is 2.93. The fourth-order valence-corrected chi connectivity index (χ4v) is 2.55. The van der Waals surface area contributed by atoms with Gasteiger partial charge in [-0.05, 0) is 75.9 Å². The minimum absolute atomic E-state index is 0.118. The smallest absolute Gasteiger partial charge is 0.307 e. The standard InChI is InChI=1S/C17H27NO2/c1-7-20-17(19)10-15(18-6)9-16-13(4)11(2)8-12(3)14(16)5/h8,15,18H,7,9-10H2,1-6H3. The first kappa shape index (κ1) is 16.7. The summed E-state index contributed by atoms with van der Waals surface area (Å²) in [5.41, 5.74) is 6.64. The van der Waals surface area contributed by atoms with Crippen molar-refractivity contribution in [3.63, 3.8) is 0 Å². The fraction of sp³-hybridized carbons (Fsp3) is 0.588. The fourth-order valence-electron chi connectivity index (χ4n) is 2.55. The molecule has 112 valence electrons. The summed E-state index contributed by atoms with van der Waals surface area (Å²) in [5.74, 6) is -0.133. The molecule has 0 amide bonds. The molecule has 0 heterocycles. The van der Waals surface area contributed by atoms with E-state index in [1.807, 2.05) is 14.0 Å². The molecule has 3 nitrogen and oxygen atoms in total. The van der Waals surface area contributed by atoms with Crippen LogP contribution in [0.5, 0.6) is 0 Å². The summed E-state index contributed by atoms with van der Waals surface area (Å²) in [6.45, 7) is 10.9. The van der Waals surface area contributed by atoms with Crippen LogP contribution in [0.3, 0.4) is 0 Å². The van der Waals surface area contributed by atoms with Crippen LogP contribution in [0.15, 0.2) is 6.07 Å². The minimum Gasteiger partial charge on any atom is -0.466 e. The molecule has 1 aromatic carbocycles. The van der Waals surface area contributed by atoms with E-state index in [-0.39, 0.29) is 12.0 Å². The first-order valence-corrected chi connectivity index (χ1v) is 7.29. The highest BCUT2D eigenvalue weighted by Crippen LogP contribution is 2.23. The Labute approximate surface area is 122 Å². The van der Waals surface area contributed by atoms with Crippen molar-refractivity contribution in [2.45, 2.75) is 53.5 Å². The monoisotopic (exact) mass is 277 g/mol. The molecule has 0 aromatic heterocycles. The van der Waals surface area contributed by atoms with Gasteiger partial charge >= 0.3 is 5.97 Å². The molecule has 1 atom stereocenters. The maximum Gasteiger partial charge on any atom is 0.307 e. The van der Waals surface area contributed by atoms with Crippen LogP contribution in [-0.4, -0.2) is 25.7 Å². The van der Waals surface area contributed by atoms with Crippen molar-refractivity contribution in [1.29, 1.82) is 0 Å². The summed E-state index contributed by atoms with van der Waals surface area (Å²) < 4.78 is 5.04. The predicted molar refractivity (Wildman–Crippen MR) is 83.2 cm³/mol. The molecule has 0 radical (unpaired) electrons. The van der Waals surface area contributed by atoms with E-state index in [2.05, 4.69) is 39.1 Å². The summed E-state index contributed by atoms with van der Waals surface area (Å²) in [6.07, 6.45) is 1.27. The van der Waals surface area contributed by atoms with E-state index in [1.165, 1.54) is 27.8 Å². The van der Waals surface area contributed by atoms with E-state index in [4.69, 9.17) is 4.74 Å². The molecule has 0 saturated carbocycles. The van der Waals surface area contributed by atoms with Crippen LogP contribution in [0.1, 0.15) is 41.2 Å². The minimum atomic E-state index is -0.133. The second-order valence-electron chi connectivity index (χ2n) is 5.44. The predicted octanol–water partition coefficient (Wildman–Crippen LogP) is 3.00. The number of hydrogen-bond acceptors (Lipinski definition) is 3. The van der Waals surface area contributed by atoms with Gasteiger partial charge in [-0.1, -0.05) is 6.07 Å². The maximum absolute atomic E-state index is 11.6. The number of benzene rings is 1. The molecule has 0 aliphatic rings. The van der Waals surface area contributed by atoms with Crippen molar-refractivity contribution in [1.82, 2.24) is 5.32 Å². The third-order valence-electron chi connectivity index (χ3n) is 4.10. The molecular formula is C17H27NO2. The van der Waals surface area contributed by atoms with E-state index in [0.29, 0.717) is 13.0 Å². The van der Waals surface area contributed by atoms with Gasteiger partial charge in [-0.15, -0.1) is 0 Å². The summed E-state index contributed by atoms with van der Waals surface area (Å²) in [7, 11) is 1.90. The number of carbonyl (C=O) groups is 1. The molecule has 1 aromatic rings. The van der Waals surface area contributed by atoms with Crippen molar-refractivity contribution in [2.75, 3.05) is 13.7 Å². The maximum atomic E-state index is 11.6. The van der Waals surface area contributed by atoms with Crippen LogP contribution in [0, 0.1) is 27.7 Å². The van der Waals surface area contributed by atoms with Crippen molar-refractivity contribution in [2.24, 2.45) is 0 Å². The van der Waals surface area contributed by atoms with Crippen LogP contribution >= 0.6 is 0 Å². The van der Waals surface area contributed by atoms with Crippen LogP contribution in [0.4, 0.5) is 0 Å². The van der Waals surface area contributed by atoms with E-state index in [1.54, 1.807) is 0 Å². The normalized spacial score (nSPS) is 12.3. The lowest BCUT2D eigenvalue weighted by Gasteiger charge is -2.20. The van der Waals surface area contributed by atoms with E-state index in [9.17, 15) is 4.79 Å². The number of nitrogens with one attached hydrogen (secondary N) is 1. The Morgan fingerprint density at radius 2 is 1.75 bits per heavy atom. The highest BCUT2D eigenvalue weighted by Gasteiger charge is 2.17. The number of rotatable bonds is 6. The lowest BCUT2D eigenvalue weighted by molar-refractivity contribution is -0.143. The lowest BCUT2D eigenvalue weighted by Crippen LogP contribution is -2.31. The van der Waals surface area contributed by atoms with Gasteiger partial charge in [0.2, 0.25) is 0 Å². The number of likely N-dealkylation sites (N-methyl/N-ethyl adjacent to an activating group) is 1. The largest absolute Gasteiger partial charge is 0.466 e. The molecule has 3 heteroatoms. The first-order valence-electron chi connectivity index (χ1n) is 7.29. The number of ether oxygens (including phenoxy) is 1. The Morgan fingerprint density at radius 1 is 1.20 bits per heavy atom. The van der Waals surface area contributed by atoms with Gasteiger partial charge in [0.1, 0.15) is 0 Å². The molecule has 0 aliphatic heterocycles. The number of hydrogen-bond donors (Lipinski definition) is 1. The van der Waals surface area contributed by atoms with Crippen molar-refractivity contribution < 1.29 is 9.53 Å². The van der Waals surface area contributed by atoms with Crippen LogP contribution in [-0.2, 0) is 16.0 Å². The van der Waals surface area contributed by atoms with Gasteiger partial charge in [0, 0.05) is 6.04 Å². The quantitative estimate of drug-likeness (QED) is 0.812.